The number of carboxylic acid groups (broad SMARTS) is 1. The summed E-state index contributed by atoms with van der Waals surface area (Å²) in [6.07, 6.45) is 0. The number of hydrogen-bond acceptors (Lipinski definition) is 4. The Labute approximate surface area is 151 Å². The van der Waals surface area contributed by atoms with Crippen LogP contribution in [0.1, 0.15) is 10.4 Å². The van der Waals surface area contributed by atoms with Crippen molar-refractivity contribution in [1.29, 1.82) is 0 Å². The molecule has 2 aromatic rings. The molecule has 0 amide bonds. The van der Waals surface area contributed by atoms with E-state index in [2.05, 4.69) is 20.7 Å². The molecule has 0 atom stereocenters. The molecule has 1 aromatic carbocycles. The molecule has 1 heterocycles. The molecule has 5 nitrogen and oxygen atoms in total. The molecule has 2 N–H and O–H groups in total. The van der Waals surface area contributed by atoms with Gasteiger partial charge in [-0.05, 0) is 62.8 Å². The molecule has 21 heavy (non-hydrogen) atoms. The third kappa shape index (κ3) is 3.89. The second-order valence-corrected chi connectivity index (χ2v) is 9.72. The number of thiophene rings is 1. The van der Waals surface area contributed by atoms with Crippen LogP contribution in [0.3, 0.4) is 0 Å². The fourth-order valence-electron chi connectivity index (χ4n) is 1.44. The van der Waals surface area contributed by atoms with Crippen LogP contribution in [0, 0.1) is 3.57 Å². The summed E-state index contributed by atoms with van der Waals surface area (Å²) in [7, 11) is -3.90. The molecule has 0 aliphatic heterocycles. The molecule has 0 radical (unpaired) electrons. The number of anilines is 1. The molecule has 0 aliphatic carbocycles. The van der Waals surface area contributed by atoms with Gasteiger partial charge in [-0.25, -0.2) is 13.2 Å². The first kappa shape index (κ1) is 17.0. The highest BCUT2D eigenvalue weighted by Crippen LogP contribution is 2.35. The number of nitrogens with one attached hydrogen (secondary N) is 1. The summed E-state index contributed by atoms with van der Waals surface area (Å²) in [6, 6.07) is 5.71. The molecule has 10 heteroatoms. The van der Waals surface area contributed by atoms with Gasteiger partial charge in [-0.2, -0.15) is 0 Å². The van der Waals surface area contributed by atoms with Crippen LogP contribution in [0.25, 0.3) is 0 Å². The van der Waals surface area contributed by atoms with E-state index in [1.54, 1.807) is 6.07 Å². The van der Waals surface area contributed by atoms with Gasteiger partial charge in [-0.3, -0.25) is 4.72 Å². The van der Waals surface area contributed by atoms with Crippen LogP contribution < -0.4 is 4.72 Å². The monoisotopic (exact) mass is 521 g/mol. The van der Waals surface area contributed by atoms with Crippen LogP contribution in [0.4, 0.5) is 5.69 Å². The lowest BCUT2D eigenvalue weighted by Gasteiger charge is -2.09. The van der Waals surface area contributed by atoms with Gasteiger partial charge in [0.25, 0.3) is 10.0 Å². The highest BCUT2D eigenvalue weighted by atomic mass is 127. The quantitative estimate of drug-likeness (QED) is 0.588. The molecule has 1 aromatic heterocycles. The van der Waals surface area contributed by atoms with Gasteiger partial charge < -0.3 is 5.11 Å². The number of hydrogen-bond donors (Lipinski definition) is 2. The summed E-state index contributed by atoms with van der Waals surface area (Å²) in [5, 5.41) is 9.42. The number of sulfonamides is 1. The van der Waals surface area contributed by atoms with Crippen molar-refractivity contribution in [2.75, 3.05) is 4.72 Å². The minimum atomic E-state index is -3.90. The van der Waals surface area contributed by atoms with E-state index < -0.39 is 16.0 Å². The summed E-state index contributed by atoms with van der Waals surface area (Å²) in [5.74, 6) is -1.21. The summed E-state index contributed by atoms with van der Waals surface area (Å²) >= 11 is 11.9. The highest BCUT2D eigenvalue weighted by Gasteiger charge is 2.22. The predicted molar refractivity (Wildman–Crippen MR) is 94.0 cm³/mol. The Hall–Kier alpha value is -0.360. The molecule has 112 valence electrons. The number of carboxylic acids is 1. The van der Waals surface area contributed by atoms with Crippen molar-refractivity contribution in [3.8, 4) is 0 Å². The van der Waals surface area contributed by atoms with E-state index in [1.807, 2.05) is 22.6 Å². The third-order valence-corrected chi connectivity index (χ3v) is 7.33. The highest BCUT2D eigenvalue weighted by molar-refractivity contribution is 14.1. The van der Waals surface area contributed by atoms with Crippen LogP contribution in [0.5, 0.6) is 0 Å². The maximum Gasteiger partial charge on any atom is 0.337 e. The van der Waals surface area contributed by atoms with Crippen LogP contribution in [0.2, 0.25) is 5.02 Å². The first-order valence-corrected chi connectivity index (χ1v) is 9.76. The van der Waals surface area contributed by atoms with Crippen molar-refractivity contribution in [3.63, 3.8) is 0 Å². The van der Waals surface area contributed by atoms with E-state index in [0.29, 0.717) is 7.36 Å². The molecule has 0 unspecified atom stereocenters. The molecule has 0 spiro atoms. The summed E-state index contributed by atoms with van der Waals surface area (Å²) < 4.78 is 28.0. The molecular weight excluding hydrogens is 517 g/mol. The van der Waals surface area contributed by atoms with E-state index >= 15 is 0 Å². The van der Waals surface area contributed by atoms with E-state index in [0.717, 1.165) is 11.3 Å². The lowest BCUT2D eigenvalue weighted by atomic mass is 10.2. The average Bonchev–Trinajstić information content (AvgIpc) is 2.72. The van der Waals surface area contributed by atoms with Gasteiger partial charge in [0.2, 0.25) is 0 Å². The van der Waals surface area contributed by atoms with Gasteiger partial charge >= 0.3 is 5.97 Å². The zero-order valence-electron chi connectivity index (χ0n) is 9.93. The summed E-state index contributed by atoms with van der Waals surface area (Å²) in [5.41, 5.74) is -0.115. The Kier molecular flexibility index (Phi) is 5.19. The maximum absolute atomic E-state index is 12.3. The molecule has 0 saturated heterocycles. The van der Waals surface area contributed by atoms with Crippen molar-refractivity contribution < 1.29 is 18.3 Å². The van der Waals surface area contributed by atoms with Crippen molar-refractivity contribution in [1.82, 2.24) is 0 Å². The van der Waals surface area contributed by atoms with Crippen molar-refractivity contribution >= 4 is 83.1 Å². The predicted octanol–water partition coefficient (Wildman–Crippen LogP) is 4.27. The number of benzene rings is 1. The van der Waals surface area contributed by atoms with E-state index in [-0.39, 0.29) is 20.5 Å². The normalized spacial score (nSPS) is 11.4. The Balaban J connectivity index is 2.44. The largest absolute Gasteiger partial charge is 0.478 e. The molecule has 0 saturated carbocycles. The van der Waals surface area contributed by atoms with Gasteiger partial charge in [0, 0.05) is 3.57 Å². The molecule has 0 bridgehead atoms. The summed E-state index contributed by atoms with van der Waals surface area (Å²) in [4.78, 5) is 11.2. The van der Waals surface area contributed by atoms with Crippen molar-refractivity contribution in [2.24, 2.45) is 0 Å². The van der Waals surface area contributed by atoms with Gasteiger partial charge in [0.05, 0.1) is 20.1 Å². The smallest absolute Gasteiger partial charge is 0.337 e. The standard InChI is InChI=1S/C11H6BrClINO4S2/c12-10-7(13)4-9(20-10)21(18,19)15-8-2-1-5(14)3-6(8)11(16)17/h1-4,15H,(H,16,17). The van der Waals surface area contributed by atoms with Crippen molar-refractivity contribution in [2.45, 2.75) is 4.21 Å². The van der Waals surface area contributed by atoms with Crippen molar-refractivity contribution in [3.05, 3.63) is 42.2 Å². The molecule has 2 rings (SSSR count). The van der Waals surface area contributed by atoms with Crippen LogP contribution >= 0.6 is 61.5 Å². The minimum absolute atomic E-state index is 0.00330. The fraction of sp³-hybridized carbons (Fsp3) is 0. The first-order valence-electron chi connectivity index (χ1n) is 5.21. The van der Waals surface area contributed by atoms with Crippen LogP contribution in [0.15, 0.2) is 32.3 Å². The van der Waals surface area contributed by atoms with E-state index in [1.165, 1.54) is 18.2 Å². The molecule has 0 fully saturated rings. The number of halogens is 3. The second-order valence-electron chi connectivity index (χ2n) is 3.79. The Morgan fingerprint density at radius 2 is 2.05 bits per heavy atom. The Bertz CT molecular complexity index is 802. The Morgan fingerprint density at radius 1 is 1.38 bits per heavy atom. The average molecular weight is 523 g/mol. The SMILES string of the molecule is O=C(O)c1cc(I)ccc1NS(=O)(=O)c1cc(Cl)c(Br)s1. The zero-order chi connectivity index (χ0) is 15.8. The van der Waals surface area contributed by atoms with E-state index in [4.69, 9.17) is 16.7 Å². The Morgan fingerprint density at radius 3 is 2.57 bits per heavy atom. The van der Waals surface area contributed by atoms with Crippen LogP contribution in [-0.2, 0) is 10.0 Å². The molecule has 0 aliphatic rings. The van der Waals surface area contributed by atoms with Crippen LogP contribution in [-0.4, -0.2) is 19.5 Å². The number of carbonyl (C=O) groups is 1. The molecular formula is C11H6BrClINO4S2. The lowest BCUT2D eigenvalue weighted by Crippen LogP contribution is -2.14. The minimum Gasteiger partial charge on any atom is -0.478 e. The van der Waals surface area contributed by atoms with Gasteiger partial charge in [-0.15, -0.1) is 11.3 Å². The number of rotatable bonds is 4. The van der Waals surface area contributed by atoms with Gasteiger partial charge in [0.1, 0.15) is 4.21 Å². The third-order valence-electron chi connectivity index (χ3n) is 2.34. The van der Waals surface area contributed by atoms with E-state index in [9.17, 15) is 13.2 Å². The fourth-order valence-corrected chi connectivity index (χ4v) is 5.41. The maximum atomic E-state index is 12.3. The summed E-state index contributed by atoms with van der Waals surface area (Å²) in [6.45, 7) is 0. The zero-order valence-corrected chi connectivity index (χ0v) is 16.1. The van der Waals surface area contributed by atoms with Gasteiger partial charge in [-0.1, -0.05) is 11.6 Å². The first-order chi connectivity index (χ1) is 9.70. The lowest BCUT2D eigenvalue weighted by molar-refractivity contribution is 0.0698. The number of aromatic carboxylic acids is 1. The second kappa shape index (κ2) is 6.41. The van der Waals surface area contributed by atoms with Gasteiger partial charge in [0.15, 0.2) is 0 Å². The topological polar surface area (TPSA) is 83.5 Å².